The van der Waals surface area contributed by atoms with Gasteiger partial charge in [-0.05, 0) is 25.2 Å². The van der Waals surface area contributed by atoms with E-state index in [-0.39, 0.29) is 10.8 Å². The van der Waals surface area contributed by atoms with Crippen LogP contribution in [0.25, 0.3) is 0 Å². The first-order valence-electron chi connectivity index (χ1n) is 4.70. The summed E-state index contributed by atoms with van der Waals surface area (Å²) in [7, 11) is 0. The van der Waals surface area contributed by atoms with Crippen LogP contribution in [0.3, 0.4) is 0 Å². The molecule has 1 nitrogen and oxygen atoms in total. The standard InChI is InChI=1S/C10H21ClO/c1-5-6-12-8-10(3,4)7-9(2)11/h9H,5-8H2,1-4H3. The summed E-state index contributed by atoms with van der Waals surface area (Å²) in [5.41, 5.74) is 0.219. The van der Waals surface area contributed by atoms with Crippen LogP contribution in [0, 0.1) is 5.41 Å². The van der Waals surface area contributed by atoms with Crippen molar-refractivity contribution >= 4 is 11.6 Å². The van der Waals surface area contributed by atoms with Crippen molar-refractivity contribution in [2.75, 3.05) is 13.2 Å². The number of hydrogen-bond donors (Lipinski definition) is 0. The first kappa shape index (κ1) is 12.2. The molecular formula is C10H21ClO. The van der Waals surface area contributed by atoms with E-state index in [4.69, 9.17) is 16.3 Å². The monoisotopic (exact) mass is 192 g/mol. The molecule has 0 radical (unpaired) electrons. The van der Waals surface area contributed by atoms with Gasteiger partial charge < -0.3 is 4.74 Å². The van der Waals surface area contributed by atoms with Crippen LogP contribution in [0.2, 0.25) is 0 Å². The third kappa shape index (κ3) is 6.93. The summed E-state index contributed by atoms with van der Waals surface area (Å²) in [6.07, 6.45) is 2.10. The van der Waals surface area contributed by atoms with Gasteiger partial charge in [-0.3, -0.25) is 0 Å². The minimum absolute atomic E-state index is 0.219. The SMILES string of the molecule is CCCOCC(C)(C)CC(C)Cl. The summed E-state index contributed by atoms with van der Waals surface area (Å²) in [4.78, 5) is 0. The van der Waals surface area contributed by atoms with Crippen molar-refractivity contribution in [3.8, 4) is 0 Å². The normalized spacial score (nSPS) is 14.8. The van der Waals surface area contributed by atoms with Gasteiger partial charge in [-0.25, -0.2) is 0 Å². The van der Waals surface area contributed by atoms with Gasteiger partial charge in [-0.15, -0.1) is 11.6 Å². The van der Waals surface area contributed by atoms with Gasteiger partial charge in [0, 0.05) is 12.0 Å². The molecule has 0 saturated heterocycles. The van der Waals surface area contributed by atoms with Crippen LogP contribution in [-0.2, 0) is 4.74 Å². The highest BCUT2D eigenvalue weighted by atomic mass is 35.5. The lowest BCUT2D eigenvalue weighted by atomic mass is 9.89. The molecule has 0 spiro atoms. The number of halogens is 1. The van der Waals surface area contributed by atoms with Crippen LogP contribution < -0.4 is 0 Å². The summed E-state index contributed by atoms with van der Waals surface area (Å²) < 4.78 is 5.49. The maximum absolute atomic E-state index is 5.92. The Hall–Kier alpha value is 0.250. The van der Waals surface area contributed by atoms with E-state index in [0.717, 1.165) is 26.1 Å². The van der Waals surface area contributed by atoms with Crippen molar-refractivity contribution in [2.24, 2.45) is 5.41 Å². The van der Waals surface area contributed by atoms with Crippen molar-refractivity contribution in [3.05, 3.63) is 0 Å². The van der Waals surface area contributed by atoms with E-state index in [9.17, 15) is 0 Å². The summed E-state index contributed by atoms with van der Waals surface area (Å²) in [5.74, 6) is 0. The second kappa shape index (κ2) is 5.82. The molecule has 0 heterocycles. The second-order valence-corrected chi connectivity index (χ2v) is 4.95. The molecule has 1 unspecified atom stereocenters. The summed E-state index contributed by atoms with van der Waals surface area (Å²) >= 11 is 5.92. The molecule has 2 heteroatoms. The van der Waals surface area contributed by atoms with E-state index in [1.807, 2.05) is 6.92 Å². The lowest BCUT2D eigenvalue weighted by Crippen LogP contribution is -2.22. The van der Waals surface area contributed by atoms with Crippen molar-refractivity contribution in [2.45, 2.75) is 45.9 Å². The Bertz CT molecular complexity index is 110. The first-order valence-corrected chi connectivity index (χ1v) is 5.13. The fraction of sp³-hybridized carbons (Fsp3) is 1.00. The van der Waals surface area contributed by atoms with Crippen molar-refractivity contribution in [3.63, 3.8) is 0 Å². The lowest BCUT2D eigenvalue weighted by Gasteiger charge is -2.25. The zero-order valence-corrected chi connectivity index (χ0v) is 9.45. The molecule has 74 valence electrons. The van der Waals surface area contributed by atoms with Crippen LogP contribution in [0.1, 0.15) is 40.5 Å². The van der Waals surface area contributed by atoms with E-state index in [1.165, 1.54) is 0 Å². The van der Waals surface area contributed by atoms with Crippen LogP contribution >= 0.6 is 11.6 Å². The van der Waals surface area contributed by atoms with Crippen molar-refractivity contribution < 1.29 is 4.74 Å². The van der Waals surface area contributed by atoms with Crippen LogP contribution in [0.5, 0.6) is 0 Å². The molecule has 0 amide bonds. The van der Waals surface area contributed by atoms with E-state index in [2.05, 4.69) is 20.8 Å². The highest BCUT2D eigenvalue weighted by molar-refractivity contribution is 6.20. The predicted molar refractivity (Wildman–Crippen MR) is 54.8 cm³/mol. The quantitative estimate of drug-likeness (QED) is 0.463. The molecule has 0 aliphatic carbocycles. The van der Waals surface area contributed by atoms with Gasteiger partial charge in [0.1, 0.15) is 0 Å². The Balaban J connectivity index is 3.56. The predicted octanol–water partition coefficient (Wildman–Crippen LogP) is 3.46. The Labute approximate surface area is 81.4 Å². The fourth-order valence-electron chi connectivity index (χ4n) is 1.31. The van der Waals surface area contributed by atoms with Crippen LogP contribution in [0.4, 0.5) is 0 Å². The molecule has 0 bridgehead atoms. The molecule has 0 aromatic rings. The van der Waals surface area contributed by atoms with Crippen LogP contribution in [-0.4, -0.2) is 18.6 Å². The molecule has 0 saturated carbocycles. The average molecular weight is 193 g/mol. The summed E-state index contributed by atoms with van der Waals surface area (Å²) in [6, 6.07) is 0. The minimum Gasteiger partial charge on any atom is -0.381 e. The zero-order valence-electron chi connectivity index (χ0n) is 8.69. The number of ether oxygens (including phenoxy) is 1. The molecule has 0 rings (SSSR count). The largest absolute Gasteiger partial charge is 0.381 e. The molecule has 0 aliphatic heterocycles. The fourth-order valence-corrected chi connectivity index (χ4v) is 1.73. The summed E-state index contributed by atoms with van der Waals surface area (Å²) in [6.45, 7) is 10.2. The second-order valence-electron chi connectivity index (χ2n) is 4.20. The maximum atomic E-state index is 5.92. The molecular weight excluding hydrogens is 172 g/mol. The van der Waals surface area contributed by atoms with Gasteiger partial charge >= 0.3 is 0 Å². The number of hydrogen-bond acceptors (Lipinski definition) is 1. The Kier molecular flexibility index (Phi) is 5.94. The van der Waals surface area contributed by atoms with Gasteiger partial charge in [0.25, 0.3) is 0 Å². The van der Waals surface area contributed by atoms with E-state index >= 15 is 0 Å². The third-order valence-corrected chi connectivity index (χ3v) is 1.83. The Morgan fingerprint density at radius 3 is 2.42 bits per heavy atom. The van der Waals surface area contributed by atoms with Gasteiger partial charge in [-0.2, -0.15) is 0 Å². The minimum atomic E-state index is 0.219. The van der Waals surface area contributed by atoms with Gasteiger partial charge in [0.2, 0.25) is 0 Å². The van der Waals surface area contributed by atoms with Crippen molar-refractivity contribution in [1.29, 1.82) is 0 Å². The lowest BCUT2D eigenvalue weighted by molar-refractivity contribution is 0.0583. The van der Waals surface area contributed by atoms with Gasteiger partial charge in [0.05, 0.1) is 6.61 Å². The van der Waals surface area contributed by atoms with Crippen LogP contribution in [0.15, 0.2) is 0 Å². The molecule has 12 heavy (non-hydrogen) atoms. The first-order chi connectivity index (χ1) is 5.48. The molecule has 0 aliphatic rings. The molecule has 1 atom stereocenters. The Morgan fingerprint density at radius 1 is 1.42 bits per heavy atom. The molecule has 0 aromatic heterocycles. The molecule has 0 aromatic carbocycles. The van der Waals surface area contributed by atoms with Gasteiger partial charge in [0.15, 0.2) is 0 Å². The molecule has 0 fully saturated rings. The Morgan fingerprint density at radius 2 is 2.00 bits per heavy atom. The number of rotatable bonds is 6. The topological polar surface area (TPSA) is 9.23 Å². The third-order valence-electron chi connectivity index (χ3n) is 1.68. The number of alkyl halides is 1. The summed E-state index contributed by atoms with van der Waals surface area (Å²) in [5, 5.41) is 0.241. The van der Waals surface area contributed by atoms with Crippen molar-refractivity contribution in [1.82, 2.24) is 0 Å². The van der Waals surface area contributed by atoms with E-state index in [1.54, 1.807) is 0 Å². The van der Waals surface area contributed by atoms with Gasteiger partial charge in [-0.1, -0.05) is 20.8 Å². The maximum Gasteiger partial charge on any atom is 0.0517 e. The smallest absolute Gasteiger partial charge is 0.0517 e. The van der Waals surface area contributed by atoms with E-state index in [0.29, 0.717) is 0 Å². The average Bonchev–Trinajstić information content (AvgIpc) is 1.84. The highest BCUT2D eigenvalue weighted by Crippen LogP contribution is 2.24. The molecule has 0 N–H and O–H groups in total. The van der Waals surface area contributed by atoms with E-state index < -0.39 is 0 Å². The highest BCUT2D eigenvalue weighted by Gasteiger charge is 2.20. The zero-order chi connectivity index (χ0) is 9.61.